The van der Waals surface area contributed by atoms with Crippen LogP contribution in [0.1, 0.15) is 16.1 Å². The maximum atomic E-state index is 11.2. The zero-order valence-corrected chi connectivity index (χ0v) is 7.55. The first-order valence-corrected chi connectivity index (χ1v) is 5.03. The highest BCUT2D eigenvalue weighted by Crippen LogP contribution is 2.21. The Hall–Kier alpha value is -1.43. The summed E-state index contributed by atoms with van der Waals surface area (Å²) in [7, 11) is -3.63. The molecule has 2 heterocycles. The standard InChI is InChI=1S/C7H6N2O3S/c1-4-2-5-6(3-8-4)13(11,12)9-7(5)10/h2-3H,1H3,(H,9,10). The van der Waals surface area contributed by atoms with Gasteiger partial charge in [-0.3, -0.25) is 9.78 Å². The SMILES string of the molecule is Cc1cc2c(cn1)S(=O)(=O)NC2=O. The highest BCUT2D eigenvalue weighted by Gasteiger charge is 2.32. The second kappa shape index (κ2) is 2.29. The van der Waals surface area contributed by atoms with Gasteiger partial charge in [0.15, 0.2) is 0 Å². The lowest BCUT2D eigenvalue weighted by Crippen LogP contribution is -2.20. The molecular formula is C7H6N2O3S. The van der Waals surface area contributed by atoms with Crippen molar-refractivity contribution in [1.82, 2.24) is 9.71 Å². The monoisotopic (exact) mass is 198 g/mol. The van der Waals surface area contributed by atoms with Gasteiger partial charge in [0.25, 0.3) is 15.9 Å². The summed E-state index contributed by atoms with van der Waals surface area (Å²) >= 11 is 0. The lowest BCUT2D eigenvalue weighted by molar-refractivity contribution is 0.0985. The minimum absolute atomic E-state index is 0.0388. The molecular weight excluding hydrogens is 192 g/mol. The lowest BCUT2D eigenvalue weighted by Gasteiger charge is -1.94. The van der Waals surface area contributed by atoms with E-state index >= 15 is 0 Å². The van der Waals surface area contributed by atoms with Gasteiger partial charge >= 0.3 is 0 Å². The second-order valence-corrected chi connectivity index (χ2v) is 4.41. The topological polar surface area (TPSA) is 76.1 Å². The highest BCUT2D eigenvalue weighted by molar-refractivity contribution is 7.90. The van der Waals surface area contributed by atoms with Gasteiger partial charge in [-0.05, 0) is 13.0 Å². The summed E-state index contributed by atoms with van der Waals surface area (Å²) in [4.78, 5) is 14.9. The molecule has 0 saturated heterocycles. The molecule has 13 heavy (non-hydrogen) atoms. The van der Waals surface area contributed by atoms with E-state index in [1.165, 1.54) is 12.3 Å². The van der Waals surface area contributed by atoms with E-state index in [4.69, 9.17) is 0 Å². The maximum Gasteiger partial charge on any atom is 0.266 e. The van der Waals surface area contributed by atoms with Crippen LogP contribution in [0.3, 0.4) is 0 Å². The van der Waals surface area contributed by atoms with Crippen LogP contribution in [0.5, 0.6) is 0 Å². The summed E-state index contributed by atoms with van der Waals surface area (Å²) < 4.78 is 24.3. The first kappa shape index (κ1) is 8.18. The molecule has 1 aromatic rings. The number of fused-ring (bicyclic) bond motifs is 1. The summed E-state index contributed by atoms with van der Waals surface area (Å²) in [5, 5.41) is 0. The van der Waals surface area contributed by atoms with Crippen LogP contribution in [0.15, 0.2) is 17.2 Å². The fourth-order valence-electron chi connectivity index (χ4n) is 1.17. The minimum Gasteiger partial charge on any atom is -0.268 e. The van der Waals surface area contributed by atoms with Crippen molar-refractivity contribution in [2.45, 2.75) is 11.8 Å². The van der Waals surface area contributed by atoms with Crippen molar-refractivity contribution in [3.63, 3.8) is 0 Å². The molecule has 0 radical (unpaired) electrons. The van der Waals surface area contributed by atoms with Crippen molar-refractivity contribution in [3.05, 3.63) is 23.5 Å². The van der Waals surface area contributed by atoms with Gasteiger partial charge in [-0.2, -0.15) is 0 Å². The number of aryl methyl sites for hydroxylation is 1. The van der Waals surface area contributed by atoms with Gasteiger partial charge in [-0.15, -0.1) is 0 Å². The molecule has 0 saturated carbocycles. The quantitative estimate of drug-likeness (QED) is 0.627. The van der Waals surface area contributed by atoms with Gasteiger partial charge in [-0.1, -0.05) is 0 Å². The van der Waals surface area contributed by atoms with Crippen LogP contribution in [-0.4, -0.2) is 19.3 Å². The first-order valence-electron chi connectivity index (χ1n) is 3.54. The Bertz CT molecular complexity index is 492. The van der Waals surface area contributed by atoms with Gasteiger partial charge in [0.05, 0.1) is 5.56 Å². The molecule has 6 heteroatoms. The fourth-order valence-corrected chi connectivity index (χ4v) is 2.27. The van der Waals surface area contributed by atoms with Gasteiger partial charge in [0.2, 0.25) is 0 Å². The molecule has 1 aromatic heterocycles. The van der Waals surface area contributed by atoms with E-state index in [0.717, 1.165) is 0 Å². The van der Waals surface area contributed by atoms with E-state index in [9.17, 15) is 13.2 Å². The second-order valence-electron chi connectivity index (χ2n) is 2.76. The number of rotatable bonds is 0. The molecule has 0 aromatic carbocycles. The number of sulfonamides is 1. The lowest BCUT2D eigenvalue weighted by atomic mass is 10.2. The number of aromatic nitrogens is 1. The normalized spacial score (nSPS) is 18.1. The van der Waals surface area contributed by atoms with Crippen LogP contribution in [0.25, 0.3) is 0 Å². The Morgan fingerprint density at radius 3 is 2.85 bits per heavy atom. The van der Waals surface area contributed by atoms with Crippen molar-refractivity contribution in [1.29, 1.82) is 0 Å². The first-order chi connectivity index (χ1) is 6.00. The minimum atomic E-state index is -3.63. The number of nitrogens with one attached hydrogen (secondary N) is 1. The zero-order valence-electron chi connectivity index (χ0n) is 6.73. The van der Waals surface area contributed by atoms with E-state index in [1.807, 2.05) is 4.72 Å². The Kier molecular flexibility index (Phi) is 1.44. The molecule has 0 aliphatic carbocycles. The van der Waals surface area contributed by atoms with Gasteiger partial charge < -0.3 is 0 Å². The van der Waals surface area contributed by atoms with Crippen LogP contribution in [-0.2, 0) is 10.0 Å². The average Bonchev–Trinajstić information content (AvgIpc) is 2.22. The highest BCUT2D eigenvalue weighted by atomic mass is 32.2. The van der Waals surface area contributed by atoms with Crippen LogP contribution >= 0.6 is 0 Å². The van der Waals surface area contributed by atoms with E-state index in [0.29, 0.717) is 5.69 Å². The van der Waals surface area contributed by atoms with E-state index < -0.39 is 15.9 Å². The molecule has 1 amide bonds. The predicted molar refractivity (Wildman–Crippen MR) is 43.6 cm³/mol. The molecule has 0 unspecified atom stereocenters. The van der Waals surface area contributed by atoms with E-state index in [-0.39, 0.29) is 10.5 Å². The van der Waals surface area contributed by atoms with Gasteiger partial charge in [-0.25, -0.2) is 13.1 Å². The molecule has 2 rings (SSSR count). The van der Waals surface area contributed by atoms with Crippen molar-refractivity contribution < 1.29 is 13.2 Å². The Morgan fingerprint density at radius 2 is 2.15 bits per heavy atom. The summed E-state index contributed by atoms with van der Waals surface area (Å²) in [6.45, 7) is 1.69. The van der Waals surface area contributed by atoms with Crippen LogP contribution < -0.4 is 4.72 Å². The molecule has 0 atom stereocenters. The summed E-state index contributed by atoms with van der Waals surface area (Å²) in [5.41, 5.74) is 0.790. The molecule has 0 bridgehead atoms. The molecule has 0 spiro atoms. The number of amides is 1. The third kappa shape index (κ3) is 1.10. The van der Waals surface area contributed by atoms with Crippen LogP contribution in [0.2, 0.25) is 0 Å². The number of carbonyl (C=O) groups is 1. The summed E-state index contributed by atoms with van der Waals surface area (Å²) in [6, 6.07) is 1.45. The third-order valence-electron chi connectivity index (χ3n) is 1.77. The smallest absolute Gasteiger partial charge is 0.266 e. The van der Waals surface area contributed by atoms with Crippen LogP contribution in [0.4, 0.5) is 0 Å². The molecule has 0 fully saturated rings. The fraction of sp³-hybridized carbons (Fsp3) is 0.143. The number of pyridine rings is 1. The number of carbonyl (C=O) groups excluding carboxylic acids is 1. The number of hydrogen-bond acceptors (Lipinski definition) is 4. The molecule has 1 N–H and O–H groups in total. The molecule has 1 aliphatic heterocycles. The Labute approximate surface area is 74.8 Å². The molecule has 1 aliphatic rings. The zero-order chi connectivity index (χ0) is 9.64. The van der Waals surface area contributed by atoms with Crippen molar-refractivity contribution in [3.8, 4) is 0 Å². The van der Waals surface area contributed by atoms with E-state index in [1.54, 1.807) is 6.92 Å². The summed E-state index contributed by atoms with van der Waals surface area (Å²) in [6.07, 6.45) is 1.19. The molecule has 5 nitrogen and oxygen atoms in total. The summed E-state index contributed by atoms with van der Waals surface area (Å²) in [5.74, 6) is -0.583. The molecule has 68 valence electrons. The van der Waals surface area contributed by atoms with Gasteiger partial charge in [0, 0.05) is 11.9 Å². The maximum absolute atomic E-state index is 11.2. The van der Waals surface area contributed by atoms with Crippen molar-refractivity contribution in [2.75, 3.05) is 0 Å². The van der Waals surface area contributed by atoms with E-state index in [2.05, 4.69) is 4.98 Å². The third-order valence-corrected chi connectivity index (χ3v) is 3.12. The number of nitrogens with zero attached hydrogens (tertiary/aromatic N) is 1. The van der Waals surface area contributed by atoms with Gasteiger partial charge in [0.1, 0.15) is 4.90 Å². The Morgan fingerprint density at radius 1 is 1.46 bits per heavy atom. The predicted octanol–water partition coefficient (Wildman–Crippen LogP) is -0.178. The van der Waals surface area contributed by atoms with Crippen LogP contribution in [0, 0.1) is 6.92 Å². The Balaban J connectivity index is 2.80. The largest absolute Gasteiger partial charge is 0.268 e. The van der Waals surface area contributed by atoms with Crippen molar-refractivity contribution >= 4 is 15.9 Å². The average molecular weight is 198 g/mol. The number of hydrogen-bond donors (Lipinski definition) is 1. The van der Waals surface area contributed by atoms with Crippen molar-refractivity contribution in [2.24, 2.45) is 0 Å².